The molecular formula is C9H10ClN3. The van der Waals surface area contributed by atoms with E-state index >= 15 is 0 Å². The number of halogens is 1. The largest absolute Gasteiger partial charge is 0.271 e. The Balaban J connectivity index is 2.80. The van der Waals surface area contributed by atoms with Crippen LogP contribution in [0.15, 0.2) is 18.3 Å². The van der Waals surface area contributed by atoms with Gasteiger partial charge in [0.1, 0.15) is 5.15 Å². The number of hydrazine groups is 1. The molecule has 1 heterocycles. The summed E-state index contributed by atoms with van der Waals surface area (Å²) in [5.41, 5.74) is 3.55. The predicted octanol–water partition coefficient (Wildman–Crippen LogP) is 1.26. The highest BCUT2D eigenvalue weighted by atomic mass is 35.5. The number of nitrogens with one attached hydrogen (secondary N) is 1. The van der Waals surface area contributed by atoms with Gasteiger partial charge in [-0.2, -0.15) is 0 Å². The van der Waals surface area contributed by atoms with Crippen molar-refractivity contribution in [2.24, 2.45) is 5.84 Å². The predicted molar refractivity (Wildman–Crippen MR) is 52.8 cm³/mol. The average Bonchev–Trinajstić information content (AvgIpc) is 2.16. The molecule has 1 aromatic heterocycles. The Morgan fingerprint density at radius 1 is 1.69 bits per heavy atom. The van der Waals surface area contributed by atoms with Crippen LogP contribution in [0.1, 0.15) is 18.0 Å². The Bertz CT molecular complexity index is 302. The molecule has 0 radical (unpaired) electrons. The number of hydrogen-bond donors (Lipinski definition) is 2. The van der Waals surface area contributed by atoms with Crippen molar-refractivity contribution in [2.45, 2.75) is 12.5 Å². The van der Waals surface area contributed by atoms with Crippen molar-refractivity contribution in [2.75, 3.05) is 0 Å². The van der Waals surface area contributed by atoms with Gasteiger partial charge in [0, 0.05) is 12.6 Å². The fourth-order valence-corrected chi connectivity index (χ4v) is 1.10. The van der Waals surface area contributed by atoms with Crippen molar-refractivity contribution in [3.8, 4) is 12.3 Å². The van der Waals surface area contributed by atoms with Gasteiger partial charge in [0.05, 0.1) is 6.04 Å². The first-order valence-corrected chi connectivity index (χ1v) is 4.16. The molecule has 0 aliphatic heterocycles. The van der Waals surface area contributed by atoms with Crippen LogP contribution in [-0.4, -0.2) is 4.98 Å². The summed E-state index contributed by atoms with van der Waals surface area (Å²) < 4.78 is 0. The summed E-state index contributed by atoms with van der Waals surface area (Å²) >= 11 is 5.63. The minimum atomic E-state index is -0.0604. The Hall–Kier alpha value is -1.08. The summed E-state index contributed by atoms with van der Waals surface area (Å²) in [6.45, 7) is 0. The molecule has 68 valence electrons. The van der Waals surface area contributed by atoms with Crippen molar-refractivity contribution in [3.05, 3.63) is 29.0 Å². The Morgan fingerprint density at radius 3 is 2.92 bits per heavy atom. The molecule has 0 fully saturated rings. The highest BCUT2D eigenvalue weighted by Crippen LogP contribution is 2.15. The second-order valence-corrected chi connectivity index (χ2v) is 2.93. The zero-order chi connectivity index (χ0) is 9.68. The van der Waals surface area contributed by atoms with Gasteiger partial charge in [0.15, 0.2) is 0 Å². The monoisotopic (exact) mass is 195 g/mol. The van der Waals surface area contributed by atoms with Crippen LogP contribution in [0.5, 0.6) is 0 Å². The molecular weight excluding hydrogens is 186 g/mol. The molecule has 0 spiro atoms. The topological polar surface area (TPSA) is 50.9 Å². The molecule has 1 unspecified atom stereocenters. The van der Waals surface area contributed by atoms with Crippen LogP contribution in [-0.2, 0) is 0 Å². The Labute approximate surface area is 82.3 Å². The van der Waals surface area contributed by atoms with Crippen LogP contribution in [0.2, 0.25) is 5.15 Å². The van der Waals surface area contributed by atoms with Crippen molar-refractivity contribution < 1.29 is 0 Å². The smallest absolute Gasteiger partial charge is 0.129 e. The maximum Gasteiger partial charge on any atom is 0.129 e. The molecule has 0 saturated carbocycles. The van der Waals surface area contributed by atoms with E-state index in [1.165, 1.54) is 0 Å². The minimum absolute atomic E-state index is 0.0604. The quantitative estimate of drug-likeness (QED) is 0.331. The summed E-state index contributed by atoms with van der Waals surface area (Å²) in [7, 11) is 0. The number of pyridine rings is 1. The molecule has 0 bridgehead atoms. The van der Waals surface area contributed by atoms with Gasteiger partial charge in [-0.1, -0.05) is 17.7 Å². The molecule has 0 aliphatic carbocycles. The molecule has 4 heteroatoms. The van der Waals surface area contributed by atoms with Crippen LogP contribution < -0.4 is 11.3 Å². The second kappa shape index (κ2) is 4.83. The molecule has 1 rings (SSSR count). The summed E-state index contributed by atoms with van der Waals surface area (Å²) in [6, 6.07) is 3.49. The van der Waals surface area contributed by atoms with Gasteiger partial charge in [-0.05, 0) is 11.6 Å². The third kappa shape index (κ3) is 2.71. The Morgan fingerprint density at radius 2 is 2.46 bits per heavy atom. The first-order chi connectivity index (χ1) is 6.27. The highest BCUT2D eigenvalue weighted by Gasteiger charge is 2.07. The molecule has 0 amide bonds. The van der Waals surface area contributed by atoms with E-state index in [0.717, 1.165) is 5.56 Å². The van der Waals surface area contributed by atoms with E-state index in [4.69, 9.17) is 23.9 Å². The SMILES string of the molecule is C#CCC(NN)c1ccc(Cl)nc1. The number of aromatic nitrogens is 1. The molecule has 0 aromatic carbocycles. The fourth-order valence-electron chi connectivity index (χ4n) is 0.984. The Kier molecular flexibility index (Phi) is 3.71. The van der Waals surface area contributed by atoms with Gasteiger partial charge in [-0.15, -0.1) is 12.3 Å². The van der Waals surface area contributed by atoms with Gasteiger partial charge in [-0.25, -0.2) is 4.98 Å². The molecule has 1 aromatic rings. The third-order valence-electron chi connectivity index (χ3n) is 1.68. The van der Waals surface area contributed by atoms with E-state index in [0.29, 0.717) is 11.6 Å². The lowest BCUT2D eigenvalue weighted by Gasteiger charge is -2.12. The zero-order valence-corrected chi connectivity index (χ0v) is 7.75. The van der Waals surface area contributed by atoms with Crippen LogP contribution in [0.4, 0.5) is 0 Å². The lowest BCUT2D eigenvalue weighted by molar-refractivity contribution is 0.566. The molecule has 1 atom stereocenters. The van der Waals surface area contributed by atoms with Crippen molar-refractivity contribution >= 4 is 11.6 Å². The lowest BCUT2D eigenvalue weighted by atomic mass is 10.1. The van der Waals surface area contributed by atoms with Gasteiger partial charge in [0.25, 0.3) is 0 Å². The van der Waals surface area contributed by atoms with Gasteiger partial charge < -0.3 is 0 Å². The number of rotatable bonds is 3. The van der Waals surface area contributed by atoms with E-state index in [2.05, 4.69) is 16.3 Å². The molecule has 0 aliphatic rings. The van der Waals surface area contributed by atoms with Crippen LogP contribution in [0.3, 0.4) is 0 Å². The van der Waals surface area contributed by atoms with Crippen molar-refractivity contribution in [1.82, 2.24) is 10.4 Å². The van der Waals surface area contributed by atoms with E-state index in [1.807, 2.05) is 6.07 Å². The maximum atomic E-state index is 5.63. The van der Waals surface area contributed by atoms with Crippen molar-refractivity contribution in [1.29, 1.82) is 0 Å². The highest BCUT2D eigenvalue weighted by molar-refractivity contribution is 6.29. The first kappa shape index (κ1) is 10.0. The van der Waals surface area contributed by atoms with Gasteiger partial charge >= 0.3 is 0 Å². The third-order valence-corrected chi connectivity index (χ3v) is 1.90. The molecule has 3 nitrogen and oxygen atoms in total. The molecule has 13 heavy (non-hydrogen) atoms. The van der Waals surface area contributed by atoms with Gasteiger partial charge in [-0.3, -0.25) is 11.3 Å². The summed E-state index contributed by atoms with van der Waals surface area (Å²) in [4.78, 5) is 3.93. The summed E-state index contributed by atoms with van der Waals surface area (Å²) in [6.07, 6.45) is 7.36. The first-order valence-electron chi connectivity index (χ1n) is 3.79. The van der Waals surface area contributed by atoms with Crippen LogP contribution >= 0.6 is 11.6 Å². The lowest BCUT2D eigenvalue weighted by Crippen LogP contribution is -2.27. The average molecular weight is 196 g/mol. The van der Waals surface area contributed by atoms with Gasteiger partial charge in [0.2, 0.25) is 0 Å². The van der Waals surface area contributed by atoms with E-state index in [-0.39, 0.29) is 6.04 Å². The number of nitrogens with zero attached hydrogens (tertiary/aromatic N) is 1. The standard InChI is InChI=1S/C9H10ClN3/c1-2-3-8(13-11)7-4-5-9(10)12-6-7/h1,4-6,8,13H,3,11H2. The number of terminal acetylenes is 1. The normalized spacial score (nSPS) is 12.1. The molecule has 0 saturated heterocycles. The maximum absolute atomic E-state index is 5.63. The summed E-state index contributed by atoms with van der Waals surface area (Å²) in [5, 5.41) is 0.459. The minimum Gasteiger partial charge on any atom is -0.271 e. The fraction of sp³-hybridized carbons (Fsp3) is 0.222. The van der Waals surface area contributed by atoms with E-state index in [1.54, 1.807) is 12.3 Å². The van der Waals surface area contributed by atoms with Crippen molar-refractivity contribution in [3.63, 3.8) is 0 Å². The zero-order valence-electron chi connectivity index (χ0n) is 7.00. The van der Waals surface area contributed by atoms with E-state index in [9.17, 15) is 0 Å². The summed E-state index contributed by atoms with van der Waals surface area (Å²) in [5.74, 6) is 7.85. The second-order valence-electron chi connectivity index (χ2n) is 2.54. The number of nitrogens with two attached hydrogens (primary N) is 1. The number of hydrogen-bond acceptors (Lipinski definition) is 3. The van der Waals surface area contributed by atoms with Crippen LogP contribution in [0, 0.1) is 12.3 Å². The van der Waals surface area contributed by atoms with E-state index < -0.39 is 0 Å². The molecule has 3 N–H and O–H groups in total. The van der Waals surface area contributed by atoms with Crippen LogP contribution in [0.25, 0.3) is 0 Å².